The van der Waals surface area contributed by atoms with Crippen molar-refractivity contribution in [1.29, 1.82) is 0 Å². The van der Waals surface area contributed by atoms with Crippen molar-refractivity contribution in [2.24, 2.45) is 0 Å². The van der Waals surface area contributed by atoms with E-state index in [1.165, 1.54) is 24.8 Å². The molecule has 0 saturated carbocycles. The number of aromatic nitrogens is 2. The molecule has 3 rings (SSSR count). The SMILES string of the molecule is CC(=O)N1CCCN(C(=O)c2cc(C)nc(C(F)(F)F)n2)c2ccccc21. The summed E-state index contributed by atoms with van der Waals surface area (Å²) in [4.78, 5) is 34.6. The number of benzene rings is 1. The molecule has 0 atom stereocenters. The van der Waals surface area contributed by atoms with Gasteiger partial charge >= 0.3 is 6.18 Å². The van der Waals surface area contributed by atoms with Crippen molar-refractivity contribution in [3.8, 4) is 0 Å². The second kappa shape index (κ2) is 6.98. The van der Waals surface area contributed by atoms with Crippen LogP contribution in [0.25, 0.3) is 0 Å². The number of anilines is 2. The van der Waals surface area contributed by atoms with Crippen LogP contribution in [0.1, 0.15) is 35.4 Å². The predicted molar refractivity (Wildman–Crippen MR) is 92.5 cm³/mol. The van der Waals surface area contributed by atoms with Gasteiger partial charge in [0.2, 0.25) is 11.7 Å². The molecule has 1 aromatic carbocycles. The minimum Gasteiger partial charge on any atom is -0.311 e. The molecule has 2 heterocycles. The summed E-state index contributed by atoms with van der Waals surface area (Å²) in [7, 11) is 0. The molecule has 0 radical (unpaired) electrons. The summed E-state index contributed by atoms with van der Waals surface area (Å²) in [5.41, 5.74) is 0.716. The van der Waals surface area contributed by atoms with Crippen LogP contribution in [0.5, 0.6) is 0 Å². The van der Waals surface area contributed by atoms with Gasteiger partial charge in [-0.2, -0.15) is 13.2 Å². The van der Waals surface area contributed by atoms with E-state index in [-0.39, 0.29) is 23.8 Å². The standard InChI is InChI=1S/C18H17F3N4O2/c1-11-10-13(23-17(22-11)18(19,20)21)16(27)25-9-5-8-24(12(2)26)14-6-3-4-7-15(14)25/h3-4,6-7,10H,5,8-9H2,1-2H3. The fourth-order valence-electron chi connectivity index (χ4n) is 3.03. The maximum absolute atomic E-state index is 13.0. The molecule has 0 N–H and O–H groups in total. The number of halogens is 3. The Morgan fingerprint density at radius 3 is 2.22 bits per heavy atom. The van der Waals surface area contributed by atoms with Crippen LogP contribution in [-0.4, -0.2) is 34.9 Å². The van der Waals surface area contributed by atoms with Gasteiger partial charge in [0.15, 0.2) is 0 Å². The molecule has 0 bridgehead atoms. The Bertz CT molecular complexity index is 898. The van der Waals surface area contributed by atoms with Crippen LogP contribution in [0.4, 0.5) is 24.5 Å². The average Bonchev–Trinajstić information content (AvgIpc) is 2.79. The molecule has 1 aliphatic rings. The quantitative estimate of drug-likeness (QED) is 0.764. The summed E-state index contributed by atoms with van der Waals surface area (Å²) in [6.45, 7) is 3.47. The maximum Gasteiger partial charge on any atom is 0.451 e. The van der Waals surface area contributed by atoms with E-state index in [0.29, 0.717) is 24.3 Å². The molecule has 2 aromatic rings. The molecule has 1 aromatic heterocycles. The van der Waals surface area contributed by atoms with Gasteiger partial charge in [-0.1, -0.05) is 12.1 Å². The van der Waals surface area contributed by atoms with Gasteiger partial charge in [0.25, 0.3) is 5.91 Å². The van der Waals surface area contributed by atoms with Crippen molar-refractivity contribution in [2.45, 2.75) is 26.4 Å². The Morgan fingerprint density at radius 1 is 1.04 bits per heavy atom. The Kier molecular flexibility index (Phi) is 4.86. The van der Waals surface area contributed by atoms with Crippen molar-refractivity contribution in [1.82, 2.24) is 9.97 Å². The van der Waals surface area contributed by atoms with Crippen LogP contribution >= 0.6 is 0 Å². The third-order valence-electron chi connectivity index (χ3n) is 4.18. The highest BCUT2D eigenvalue weighted by molar-refractivity contribution is 6.08. The highest BCUT2D eigenvalue weighted by Gasteiger charge is 2.36. The molecule has 0 saturated heterocycles. The van der Waals surface area contributed by atoms with Crippen molar-refractivity contribution in [2.75, 3.05) is 22.9 Å². The largest absolute Gasteiger partial charge is 0.451 e. The molecule has 0 unspecified atom stereocenters. The highest BCUT2D eigenvalue weighted by Crippen LogP contribution is 2.33. The van der Waals surface area contributed by atoms with Crippen LogP contribution in [0.15, 0.2) is 30.3 Å². The monoisotopic (exact) mass is 378 g/mol. The fraction of sp³-hybridized carbons (Fsp3) is 0.333. The third kappa shape index (κ3) is 3.76. The summed E-state index contributed by atoms with van der Waals surface area (Å²) < 4.78 is 39.0. The molecule has 9 heteroatoms. The van der Waals surface area contributed by atoms with E-state index in [1.807, 2.05) is 0 Å². The van der Waals surface area contributed by atoms with Gasteiger partial charge in [-0.25, -0.2) is 9.97 Å². The van der Waals surface area contributed by atoms with Gasteiger partial charge in [0.1, 0.15) is 5.69 Å². The van der Waals surface area contributed by atoms with E-state index in [0.717, 1.165) is 0 Å². The van der Waals surface area contributed by atoms with Crippen molar-refractivity contribution in [3.05, 3.63) is 47.5 Å². The Labute approximate surface area is 153 Å². The summed E-state index contributed by atoms with van der Waals surface area (Å²) in [5.74, 6) is -2.18. The first-order chi connectivity index (χ1) is 12.7. The summed E-state index contributed by atoms with van der Waals surface area (Å²) >= 11 is 0. The summed E-state index contributed by atoms with van der Waals surface area (Å²) in [6.07, 6.45) is -4.26. The second-order valence-corrected chi connectivity index (χ2v) is 6.19. The number of carbonyl (C=O) groups is 2. The maximum atomic E-state index is 13.0. The highest BCUT2D eigenvalue weighted by atomic mass is 19.4. The first-order valence-corrected chi connectivity index (χ1v) is 8.30. The Hall–Kier alpha value is -2.97. The molecule has 0 aliphatic carbocycles. The molecule has 27 heavy (non-hydrogen) atoms. The van der Waals surface area contributed by atoms with Crippen molar-refractivity contribution >= 4 is 23.2 Å². The van der Waals surface area contributed by atoms with Crippen molar-refractivity contribution < 1.29 is 22.8 Å². The number of carbonyl (C=O) groups excluding carboxylic acids is 2. The topological polar surface area (TPSA) is 66.4 Å². The van der Waals surface area contributed by atoms with Gasteiger partial charge in [0.05, 0.1) is 11.4 Å². The minimum atomic E-state index is -4.75. The smallest absolute Gasteiger partial charge is 0.311 e. The molecule has 142 valence electrons. The van der Waals surface area contributed by atoms with Crippen LogP contribution in [-0.2, 0) is 11.0 Å². The zero-order valence-electron chi connectivity index (χ0n) is 14.7. The van der Waals surface area contributed by atoms with Crippen LogP contribution in [0, 0.1) is 6.92 Å². The first-order valence-electron chi connectivity index (χ1n) is 8.30. The van der Waals surface area contributed by atoms with Gasteiger partial charge in [-0.15, -0.1) is 0 Å². The zero-order chi connectivity index (χ0) is 19.8. The first kappa shape index (κ1) is 18.8. The molecule has 1 aliphatic heterocycles. The zero-order valence-corrected chi connectivity index (χ0v) is 14.7. The van der Waals surface area contributed by atoms with Gasteiger partial charge < -0.3 is 9.80 Å². The van der Waals surface area contributed by atoms with Crippen LogP contribution < -0.4 is 9.80 Å². The number of aryl methyl sites for hydroxylation is 1. The minimum absolute atomic E-state index is 0.0501. The molecule has 2 amide bonds. The van der Waals surface area contributed by atoms with Crippen LogP contribution in [0.3, 0.4) is 0 Å². The van der Waals surface area contributed by atoms with Gasteiger partial charge in [0, 0.05) is 25.7 Å². The van der Waals surface area contributed by atoms with E-state index >= 15 is 0 Å². The number of fused-ring (bicyclic) bond motifs is 1. The van der Waals surface area contributed by atoms with E-state index in [4.69, 9.17) is 0 Å². The summed E-state index contributed by atoms with van der Waals surface area (Å²) in [6, 6.07) is 8.03. The summed E-state index contributed by atoms with van der Waals surface area (Å²) in [5, 5.41) is 0. The number of rotatable bonds is 1. The van der Waals surface area contributed by atoms with E-state index in [2.05, 4.69) is 9.97 Å². The average molecular weight is 378 g/mol. The lowest BCUT2D eigenvalue weighted by atomic mass is 10.2. The van der Waals surface area contributed by atoms with E-state index in [9.17, 15) is 22.8 Å². The lowest BCUT2D eigenvalue weighted by Crippen LogP contribution is -2.33. The lowest BCUT2D eigenvalue weighted by molar-refractivity contribution is -0.145. The number of alkyl halides is 3. The van der Waals surface area contributed by atoms with E-state index < -0.39 is 17.9 Å². The lowest BCUT2D eigenvalue weighted by Gasteiger charge is -2.24. The number of hydrogen-bond acceptors (Lipinski definition) is 4. The Morgan fingerprint density at radius 2 is 1.63 bits per heavy atom. The molecule has 0 spiro atoms. The molecular formula is C18H17F3N4O2. The van der Waals surface area contributed by atoms with Gasteiger partial charge in [-0.05, 0) is 31.5 Å². The third-order valence-corrected chi connectivity index (χ3v) is 4.18. The van der Waals surface area contributed by atoms with Crippen molar-refractivity contribution in [3.63, 3.8) is 0 Å². The fourth-order valence-corrected chi connectivity index (χ4v) is 3.03. The Balaban J connectivity index is 2.06. The number of hydrogen-bond donors (Lipinski definition) is 0. The van der Waals surface area contributed by atoms with Crippen LogP contribution in [0.2, 0.25) is 0 Å². The predicted octanol–water partition coefficient (Wildman–Crippen LogP) is 3.21. The normalized spacial score (nSPS) is 14.6. The van der Waals surface area contributed by atoms with E-state index in [1.54, 1.807) is 29.2 Å². The number of para-hydroxylation sites is 2. The molecule has 0 fully saturated rings. The molecular weight excluding hydrogens is 361 g/mol. The molecule has 6 nitrogen and oxygen atoms in total. The van der Waals surface area contributed by atoms with Gasteiger partial charge in [-0.3, -0.25) is 9.59 Å². The second-order valence-electron chi connectivity index (χ2n) is 6.19. The number of nitrogens with zero attached hydrogens (tertiary/aromatic N) is 4. The number of amides is 2.